The SMILES string of the molecule is CC[C@H]1CN(C(C)c2cnc3ccccc3n2)[C@H](CC)CN1c1cc(=O)n(C)c2cn(C3CCCCO3)nc12. The summed E-state index contributed by atoms with van der Waals surface area (Å²) in [6.07, 6.45) is 8.97. The van der Waals surface area contributed by atoms with Crippen molar-refractivity contribution < 1.29 is 4.74 Å². The lowest BCUT2D eigenvalue weighted by Gasteiger charge is -2.49. The molecule has 4 atom stereocenters. The van der Waals surface area contributed by atoms with E-state index in [1.165, 1.54) is 0 Å². The monoisotopic (exact) mass is 529 g/mol. The minimum absolute atomic E-state index is 0.00764. The Morgan fingerprint density at radius 2 is 1.87 bits per heavy atom. The maximum absolute atomic E-state index is 13.1. The number of aryl methyl sites for hydroxylation is 1. The van der Waals surface area contributed by atoms with Crippen LogP contribution in [0.5, 0.6) is 0 Å². The molecule has 2 aliphatic heterocycles. The lowest BCUT2D eigenvalue weighted by molar-refractivity contribution is -0.0390. The summed E-state index contributed by atoms with van der Waals surface area (Å²) in [5, 5.41) is 5.02. The number of nitrogens with zero attached hydrogens (tertiary/aromatic N) is 7. The van der Waals surface area contributed by atoms with Gasteiger partial charge in [0.15, 0.2) is 0 Å². The number of benzene rings is 1. The third kappa shape index (κ3) is 4.72. The van der Waals surface area contributed by atoms with Gasteiger partial charge in [-0.25, -0.2) is 9.67 Å². The van der Waals surface area contributed by atoms with Crippen LogP contribution in [0.3, 0.4) is 0 Å². The van der Waals surface area contributed by atoms with Crippen molar-refractivity contribution >= 4 is 27.8 Å². The van der Waals surface area contributed by atoms with Crippen molar-refractivity contribution in [3.05, 3.63) is 58.8 Å². The molecule has 6 rings (SSSR count). The molecule has 0 aliphatic carbocycles. The van der Waals surface area contributed by atoms with Crippen molar-refractivity contribution in [1.82, 2.24) is 29.2 Å². The summed E-state index contributed by atoms with van der Waals surface area (Å²) in [6.45, 7) is 9.19. The van der Waals surface area contributed by atoms with Gasteiger partial charge >= 0.3 is 0 Å². The Bertz CT molecular complexity index is 1520. The highest BCUT2D eigenvalue weighted by atomic mass is 16.5. The number of para-hydroxylation sites is 2. The van der Waals surface area contributed by atoms with Crippen molar-refractivity contribution in [3.63, 3.8) is 0 Å². The second-order valence-corrected chi connectivity index (χ2v) is 11.0. The quantitative estimate of drug-likeness (QED) is 0.354. The first kappa shape index (κ1) is 26.0. The minimum Gasteiger partial charge on any atom is -0.364 e. The van der Waals surface area contributed by atoms with Crippen LogP contribution in [0.2, 0.25) is 0 Å². The number of hydrogen-bond donors (Lipinski definition) is 0. The van der Waals surface area contributed by atoms with Crippen molar-refractivity contribution in [1.29, 1.82) is 0 Å². The molecule has 3 aromatic heterocycles. The lowest BCUT2D eigenvalue weighted by atomic mass is 9.98. The van der Waals surface area contributed by atoms with E-state index >= 15 is 0 Å². The van der Waals surface area contributed by atoms with Gasteiger partial charge in [0.1, 0.15) is 11.7 Å². The van der Waals surface area contributed by atoms with Gasteiger partial charge in [-0.2, -0.15) is 5.10 Å². The Hall–Kier alpha value is -3.30. The molecule has 2 aliphatic rings. The third-order valence-electron chi connectivity index (χ3n) is 8.74. The fraction of sp³-hybridized carbons (Fsp3) is 0.533. The molecule has 2 unspecified atom stereocenters. The highest BCUT2D eigenvalue weighted by Crippen LogP contribution is 2.35. The predicted octanol–water partition coefficient (Wildman–Crippen LogP) is 4.82. The second kappa shape index (κ2) is 10.7. The molecule has 0 saturated carbocycles. The molecule has 5 heterocycles. The fourth-order valence-corrected chi connectivity index (χ4v) is 6.31. The topological polar surface area (TPSA) is 81.3 Å². The molecule has 1 aromatic carbocycles. The second-order valence-electron chi connectivity index (χ2n) is 11.0. The average molecular weight is 530 g/mol. The Balaban J connectivity index is 1.34. The Morgan fingerprint density at radius 3 is 2.62 bits per heavy atom. The fourth-order valence-electron chi connectivity index (χ4n) is 6.31. The van der Waals surface area contributed by atoms with Crippen LogP contribution in [-0.4, -0.2) is 61.0 Å². The third-order valence-corrected chi connectivity index (χ3v) is 8.74. The lowest BCUT2D eigenvalue weighted by Crippen LogP contribution is -2.59. The molecule has 4 aromatic rings. The molecule has 9 nitrogen and oxygen atoms in total. The summed E-state index contributed by atoms with van der Waals surface area (Å²) in [7, 11) is 1.83. The van der Waals surface area contributed by atoms with Crippen LogP contribution in [-0.2, 0) is 11.8 Å². The first-order valence-electron chi connectivity index (χ1n) is 14.4. The van der Waals surface area contributed by atoms with Crippen LogP contribution < -0.4 is 10.5 Å². The maximum atomic E-state index is 13.1. The van der Waals surface area contributed by atoms with Crippen molar-refractivity contribution in [2.24, 2.45) is 7.05 Å². The molecule has 2 saturated heterocycles. The van der Waals surface area contributed by atoms with Gasteiger partial charge in [-0.1, -0.05) is 26.0 Å². The van der Waals surface area contributed by atoms with Crippen LogP contribution in [0.1, 0.15) is 70.8 Å². The van der Waals surface area contributed by atoms with Gasteiger partial charge in [0, 0.05) is 44.9 Å². The number of ether oxygens (including phenoxy) is 1. The number of anilines is 1. The van der Waals surface area contributed by atoms with Gasteiger partial charge in [0.2, 0.25) is 0 Å². The molecule has 39 heavy (non-hydrogen) atoms. The normalized spacial score (nSPS) is 23.5. The number of aromatic nitrogens is 5. The molecule has 0 radical (unpaired) electrons. The molecule has 206 valence electrons. The summed E-state index contributed by atoms with van der Waals surface area (Å²) < 4.78 is 9.66. The number of pyridine rings is 1. The van der Waals surface area contributed by atoms with Gasteiger partial charge in [-0.15, -0.1) is 0 Å². The number of rotatable bonds is 6. The van der Waals surface area contributed by atoms with Crippen LogP contribution in [0.15, 0.2) is 47.5 Å². The molecule has 0 N–H and O–H groups in total. The molecule has 2 fully saturated rings. The van der Waals surface area contributed by atoms with E-state index in [1.54, 1.807) is 10.6 Å². The molecule has 0 bridgehead atoms. The summed E-state index contributed by atoms with van der Waals surface area (Å²) in [6, 6.07) is 10.5. The van der Waals surface area contributed by atoms with E-state index in [4.69, 9.17) is 14.8 Å². The number of piperazine rings is 1. The summed E-state index contributed by atoms with van der Waals surface area (Å²) in [4.78, 5) is 27.8. The Kier molecular flexibility index (Phi) is 7.12. The van der Waals surface area contributed by atoms with E-state index in [9.17, 15) is 4.79 Å². The van der Waals surface area contributed by atoms with E-state index in [2.05, 4.69) is 35.6 Å². The van der Waals surface area contributed by atoms with Gasteiger partial charge in [-0.05, 0) is 51.2 Å². The van der Waals surface area contributed by atoms with Gasteiger partial charge in [0.05, 0.1) is 46.4 Å². The summed E-state index contributed by atoms with van der Waals surface area (Å²) in [5.41, 5.74) is 5.51. The molecule has 0 amide bonds. The highest BCUT2D eigenvalue weighted by molar-refractivity contribution is 5.88. The first-order chi connectivity index (χ1) is 19.0. The largest absolute Gasteiger partial charge is 0.364 e. The van der Waals surface area contributed by atoms with Crippen molar-refractivity contribution in [3.8, 4) is 0 Å². The van der Waals surface area contributed by atoms with E-state index in [0.717, 1.165) is 85.2 Å². The maximum Gasteiger partial charge on any atom is 0.252 e. The Morgan fingerprint density at radius 1 is 1.08 bits per heavy atom. The molecular formula is C30H39N7O2. The minimum atomic E-state index is -0.0692. The standard InChI is InChI=1S/C30H39N7O2/c1-5-21-18-36(22(6-2)17-35(21)20(3)25-16-31-23-11-7-8-12-24(23)32-25)26-15-28(38)34(4)27-19-37(33-30(26)27)29-13-9-10-14-39-29/h7-8,11-12,15-16,19-22,29H,5-6,9-10,13-14,17-18H2,1-4H3/t20?,21-,22+,29?/m1/s1. The van der Waals surface area contributed by atoms with E-state index < -0.39 is 0 Å². The van der Waals surface area contributed by atoms with Crippen molar-refractivity contribution in [2.75, 3.05) is 24.6 Å². The smallest absolute Gasteiger partial charge is 0.252 e. The molecule has 9 heteroatoms. The number of fused-ring (bicyclic) bond motifs is 2. The van der Waals surface area contributed by atoms with Gasteiger partial charge in [-0.3, -0.25) is 14.7 Å². The Labute approximate surface area is 229 Å². The van der Waals surface area contributed by atoms with Crippen LogP contribution in [0, 0.1) is 0 Å². The zero-order valence-electron chi connectivity index (χ0n) is 23.5. The summed E-state index contributed by atoms with van der Waals surface area (Å²) in [5.74, 6) is 0. The average Bonchev–Trinajstić information content (AvgIpc) is 3.44. The predicted molar refractivity (Wildman–Crippen MR) is 154 cm³/mol. The van der Waals surface area contributed by atoms with E-state index in [0.29, 0.717) is 6.04 Å². The highest BCUT2D eigenvalue weighted by Gasteiger charge is 2.37. The molecule has 0 spiro atoms. The van der Waals surface area contributed by atoms with E-state index in [1.807, 2.05) is 48.4 Å². The van der Waals surface area contributed by atoms with Crippen LogP contribution >= 0.6 is 0 Å². The molecular weight excluding hydrogens is 490 g/mol. The van der Waals surface area contributed by atoms with Crippen LogP contribution in [0.4, 0.5) is 5.69 Å². The van der Waals surface area contributed by atoms with E-state index in [-0.39, 0.29) is 23.9 Å². The van der Waals surface area contributed by atoms with Crippen LogP contribution in [0.25, 0.3) is 22.1 Å². The van der Waals surface area contributed by atoms with Crippen molar-refractivity contribution in [2.45, 2.75) is 77.2 Å². The summed E-state index contributed by atoms with van der Waals surface area (Å²) >= 11 is 0. The first-order valence-corrected chi connectivity index (χ1v) is 14.4. The zero-order chi connectivity index (χ0) is 27.1. The zero-order valence-corrected chi connectivity index (χ0v) is 23.5. The van der Waals surface area contributed by atoms with Gasteiger partial charge < -0.3 is 14.2 Å². The van der Waals surface area contributed by atoms with Gasteiger partial charge in [0.25, 0.3) is 5.56 Å². The number of hydrogen-bond acceptors (Lipinski definition) is 7.